The van der Waals surface area contributed by atoms with Crippen LogP contribution in [0, 0.1) is 5.92 Å². The van der Waals surface area contributed by atoms with E-state index in [9.17, 15) is 9.59 Å². The van der Waals surface area contributed by atoms with Gasteiger partial charge in [0.15, 0.2) is 0 Å². The third kappa shape index (κ3) is 3.19. The second kappa shape index (κ2) is 5.04. The second-order valence-electron chi connectivity index (χ2n) is 5.25. The summed E-state index contributed by atoms with van der Waals surface area (Å²) in [4.78, 5) is 23.1. The SMILES string of the molecule is CC1(NC(=O)C2CCC(=O)NC2)CCCOC1. The maximum atomic E-state index is 12.1. The Morgan fingerprint density at radius 3 is 3.00 bits per heavy atom. The number of nitrogens with one attached hydrogen (secondary N) is 2. The molecular weight excluding hydrogens is 220 g/mol. The standard InChI is InChI=1S/C12H20N2O3/c1-12(5-2-6-17-8-12)14-11(16)9-3-4-10(15)13-7-9/h9H,2-8H2,1H3,(H,13,15)(H,14,16). The molecule has 2 amide bonds. The first kappa shape index (κ1) is 12.4. The van der Waals surface area contributed by atoms with Gasteiger partial charge in [-0.1, -0.05) is 0 Å². The molecule has 2 atom stereocenters. The lowest BCUT2D eigenvalue weighted by atomic mass is 9.92. The zero-order valence-electron chi connectivity index (χ0n) is 10.3. The Balaban J connectivity index is 1.85. The van der Waals surface area contributed by atoms with Gasteiger partial charge in [-0.05, 0) is 26.2 Å². The van der Waals surface area contributed by atoms with Crippen LogP contribution < -0.4 is 10.6 Å². The van der Waals surface area contributed by atoms with Crippen LogP contribution in [0.1, 0.15) is 32.6 Å². The molecule has 0 saturated carbocycles. The van der Waals surface area contributed by atoms with Gasteiger partial charge < -0.3 is 15.4 Å². The highest BCUT2D eigenvalue weighted by Crippen LogP contribution is 2.20. The van der Waals surface area contributed by atoms with E-state index in [1.165, 1.54) is 0 Å². The molecule has 0 aromatic carbocycles. The Bertz CT molecular complexity index is 301. The maximum absolute atomic E-state index is 12.1. The van der Waals surface area contributed by atoms with E-state index in [1.807, 2.05) is 6.92 Å². The molecule has 5 heteroatoms. The molecule has 2 N–H and O–H groups in total. The highest BCUT2D eigenvalue weighted by atomic mass is 16.5. The van der Waals surface area contributed by atoms with Crippen molar-refractivity contribution in [3.8, 4) is 0 Å². The fourth-order valence-corrected chi connectivity index (χ4v) is 2.39. The third-order valence-corrected chi connectivity index (χ3v) is 3.50. The normalized spacial score (nSPS) is 33.9. The lowest BCUT2D eigenvalue weighted by Gasteiger charge is -2.36. The second-order valence-corrected chi connectivity index (χ2v) is 5.25. The number of hydrogen-bond acceptors (Lipinski definition) is 3. The fourth-order valence-electron chi connectivity index (χ4n) is 2.39. The molecule has 2 heterocycles. The van der Waals surface area contributed by atoms with Crippen molar-refractivity contribution in [1.82, 2.24) is 10.6 Å². The molecule has 0 aromatic rings. The van der Waals surface area contributed by atoms with Crippen LogP contribution in [0.15, 0.2) is 0 Å². The van der Waals surface area contributed by atoms with Crippen molar-refractivity contribution in [3.05, 3.63) is 0 Å². The van der Waals surface area contributed by atoms with Gasteiger partial charge in [0.1, 0.15) is 0 Å². The lowest BCUT2D eigenvalue weighted by Crippen LogP contribution is -2.55. The average Bonchev–Trinajstić information content (AvgIpc) is 2.30. The van der Waals surface area contributed by atoms with Crippen molar-refractivity contribution in [2.75, 3.05) is 19.8 Å². The van der Waals surface area contributed by atoms with E-state index in [1.54, 1.807) is 0 Å². The number of amides is 2. The predicted molar refractivity (Wildman–Crippen MR) is 62.3 cm³/mol. The topological polar surface area (TPSA) is 67.4 Å². The highest BCUT2D eigenvalue weighted by Gasteiger charge is 2.33. The van der Waals surface area contributed by atoms with Crippen molar-refractivity contribution < 1.29 is 14.3 Å². The number of carbonyl (C=O) groups is 2. The van der Waals surface area contributed by atoms with Gasteiger partial charge in [0.05, 0.1) is 18.1 Å². The minimum absolute atomic E-state index is 0.0398. The molecule has 2 fully saturated rings. The van der Waals surface area contributed by atoms with E-state index in [-0.39, 0.29) is 23.3 Å². The van der Waals surface area contributed by atoms with Crippen LogP contribution in [0.2, 0.25) is 0 Å². The van der Waals surface area contributed by atoms with E-state index < -0.39 is 0 Å². The molecule has 0 spiro atoms. The summed E-state index contributed by atoms with van der Waals surface area (Å²) in [7, 11) is 0. The Hall–Kier alpha value is -1.10. The number of hydrogen-bond donors (Lipinski definition) is 2. The summed E-state index contributed by atoms with van der Waals surface area (Å²) in [5, 5.41) is 5.80. The van der Waals surface area contributed by atoms with Crippen LogP contribution in [0.3, 0.4) is 0 Å². The first-order valence-electron chi connectivity index (χ1n) is 6.25. The summed E-state index contributed by atoms with van der Waals surface area (Å²) in [6.45, 7) is 3.84. The first-order chi connectivity index (χ1) is 8.09. The molecule has 2 unspecified atom stereocenters. The summed E-state index contributed by atoms with van der Waals surface area (Å²) in [6.07, 6.45) is 3.04. The number of rotatable bonds is 2. The zero-order valence-corrected chi connectivity index (χ0v) is 10.3. The van der Waals surface area contributed by atoms with Crippen LogP contribution in [-0.4, -0.2) is 37.1 Å². The predicted octanol–water partition coefficient (Wildman–Crippen LogP) is 0.198. The molecule has 2 aliphatic rings. The molecule has 0 radical (unpaired) electrons. The van der Waals surface area contributed by atoms with Gasteiger partial charge >= 0.3 is 0 Å². The van der Waals surface area contributed by atoms with Crippen LogP contribution in [0.4, 0.5) is 0 Å². The molecule has 0 aliphatic carbocycles. The molecule has 17 heavy (non-hydrogen) atoms. The Kier molecular flexibility index (Phi) is 3.66. The Labute approximate surface area is 101 Å². The molecule has 0 aromatic heterocycles. The quantitative estimate of drug-likeness (QED) is 0.724. The number of piperidine rings is 1. The minimum Gasteiger partial charge on any atom is -0.379 e. The summed E-state index contributed by atoms with van der Waals surface area (Å²) in [5.41, 5.74) is -0.239. The van der Waals surface area contributed by atoms with Gasteiger partial charge in [-0.2, -0.15) is 0 Å². The molecular formula is C12H20N2O3. The van der Waals surface area contributed by atoms with Crippen LogP contribution in [0.5, 0.6) is 0 Å². The van der Waals surface area contributed by atoms with Crippen molar-refractivity contribution in [2.24, 2.45) is 5.92 Å². The van der Waals surface area contributed by atoms with E-state index in [4.69, 9.17) is 4.74 Å². The maximum Gasteiger partial charge on any atom is 0.225 e. The van der Waals surface area contributed by atoms with Crippen LogP contribution in [-0.2, 0) is 14.3 Å². The van der Waals surface area contributed by atoms with Gasteiger partial charge in [0, 0.05) is 19.6 Å². The average molecular weight is 240 g/mol. The van der Waals surface area contributed by atoms with Gasteiger partial charge in [0.2, 0.25) is 11.8 Å². The van der Waals surface area contributed by atoms with Crippen molar-refractivity contribution in [3.63, 3.8) is 0 Å². The van der Waals surface area contributed by atoms with Crippen molar-refractivity contribution >= 4 is 11.8 Å². The summed E-state index contributed by atoms with van der Waals surface area (Å²) >= 11 is 0. The summed E-state index contributed by atoms with van der Waals surface area (Å²) in [6, 6.07) is 0. The molecule has 2 rings (SSSR count). The first-order valence-corrected chi connectivity index (χ1v) is 6.25. The fraction of sp³-hybridized carbons (Fsp3) is 0.833. The Morgan fingerprint density at radius 2 is 2.41 bits per heavy atom. The summed E-state index contributed by atoms with van der Waals surface area (Å²) < 4.78 is 5.41. The number of carbonyl (C=O) groups excluding carboxylic acids is 2. The van der Waals surface area contributed by atoms with Crippen LogP contribution in [0.25, 0.3) is 0 Å². The van der Waals surface area contributed by atoms with E-state index in [2.05, 4.69) is 10.6 Å². The van der Waals surface area contributed by atoms with E-state index in [0.29, 0.717) is 26.0 Å². The van der Waals surface area contributed by atoms with E-state index in [0.717, 1.165) is 19.4 Å². The zero-order chi connectivity index (χ0) is 12.3. The van der Waals surface area contributed by atoms with Crippen LogP contribution >= 0.6 is 0 Å². The summed E-state index contributed by atoms with van der Waals surface area (Å²) in [5.74, 6) is -0.00860. The monoisotopic (exact) mass is 240 g/mol. The van der Waals surface area contributed by atoms with Gasteiger partial charge in [-0.25, -0.2) is 0 Å². The smallest absolute Gasteiger partial charge is 0.225 e. The van der Waals surface area contributed by atoms with Crippen molar-refractivity contribution in [2.45, 2.75) is 38.1 Å². The van der Waals surface area contributed by atoms with Gasteiger partial charge in [-0.3, -0.25) is 9.59 Å². The van der Waals surface area contributed by atoms with Gasteiger partial charge in [-0.15, -0.1) is 0 Å². The lowest BCUT2D eigenvalue weighted by molar-refractivity contribution is -0.131. The molecule has 2 saturated heterocycles. The minimum atomic E-state index is -0.239. The molecule has 0 bridgehead atoms. The number of ether oxygens (including phenoxy) is 1. The van der Waals surface area contributed by atoms with Crippen molar-refractivity contribution in [1.29, 1.82) is 0 Å². The Morgan fingerprint density at radius 1 is 1.59 bits per heavy atom. The largest absolute Gasteiger partial charge is 0.379 e. The molecule has 96 valence electrons. The highest BCUT2D eigenvalue weighted by molar-refractivity contribution is 5.84. The molecule has 5 nitrogen and oxygen atoms in total. The van der Waals surface area contributed by atoms with Gasteiger partial charge in [0.25, 0.3) is 0 Å². The molecule has 2 aliphatic heterocycles. The third-order valence-electron chi connectivity index (χ3n) is 3.50. The van der Waals surface area contributed by atoms with E-state index >= 15 is 0 Å².